The third-order valence-electron chi connectivity index (χ3n) is 4.10. The lowest BCUT2D eigenvalue weighted by molar-refractivity contribution is 0.0946. The van der Waals surface area contributed by atoms with E-state index in [0.717, 1.165) is 11.1 Å². The van der Waals surface area contributed by atoms with E-state index in [1.807, 2.05) is 49.4 Å². The maximum absolute atomic E-state index is 12.4. The second-order valence-electron chi connectivity index (χ2n) is 6.06. The molecule has 6 nitrogen and oxygen atoms in total. The molecule has 0 fully saturated rings. The minimum absolute atomic E-state index is 0.0515. The number of nitriles is 1. The number of anilines is 1. The fraction of sp³-hybridized carbons (Fsp3) is 0.143. The maximum atomic E-state index is 12.4. The molecule has 3 aromatic rings. The number of amides is 1. The Kier molecular flexibility index (Phi) is 5.75. The van der Waals surface area contributed by atoms with Gasteiger partial charge >= 0.3 is 0 Å². The number of nitrogens with one attached hydrogen (secondary N) is 2. The number of hydrogen-bond donors (Lipinski definition) is 2. The van der Waals surface area contributed by atoms with Crippen molar-refractivity contribution in [1.29, 1.82) is 5.26 Å². The zero-order valence-electron chi connectivity index (χ0n) is 14.9. The lowest BCUT2D eigenvalue weighted by Crippen LogP contribution is -2.24. The molecule has 0 aliphatic rings. The van der Waals surface area contributed by atoms with Gasteiger partial charge < -0.3 is 10.6 Å². The first-order valence-electron chi connectivity index (χ1n) is 8.56. The van der Waals surface area contributed by atoms with Crippen molar-refractivity contribution in [1.82, 2.24) is 15.3 Å². The summed E-state index contributed by atoms with van der Waals surface area (Å²) in [6.45, 7) is 2.39. The molecule has 0 bridgehead atoms. The van der Waals surface area contributed by atoms with Gasteiger partial charge in [0.1, 0.15) is 17.8 Å². The van der Waals surface area contributed by atoms with E-state index in [2.05, 4.69) is 26.7 Å². The molecule has 0 saturated carbocycles. The molecule has 0 unspecified atom stereocenters. The fourth-order valence-corrected chi connectivity index (χ4v) is 2.58. The lowest BCUT2D eigenvalue weighted by Gasteiger charge is -2.15. The summed E-state index contributed by atoms with van der Waals surface area (Å²) in [7, 11) is 0. The van der Waals surface area contributed by atoms with Crippen molar-refractivity contribution in [2.24, 2.45) is 0 Å². The topological polar surface area (TPSA) is 90.7 Å². The summed E-state index contributed by atoms with van der Waals surface area (Å²) in [5.74, 6) is 0.307. The highest BCUT2D eigenvalue weighted by Crippen LogP contribution is 2.17. The predicted molar refractivity (Wildman–Crippen MR) is 103 cm³/mol. The molecule has 2 N–H and O–H groups in total. The van der Waals surface area contributed by atoms with Crippen molar-refractivity contribution in [2.45, 2.75) is 19.5 Å². The first-order chi connectivity index (χ1) is 13.2. The van der Waals surface area contributed by atoms with Crippen LogP contribution in [0.3, 0.4) is 0 Å². The minimum Gasteiger partial charge on any atom is -0.363 e. The van der Waals surface area contributed by atoms with Crippen LogP contribution >= 0.6 is 0 Å². The van der Waals surface area contributed by atoms with Crippen molar-refractivity contribution in [2.75, 3.05) is 5.32 Å². The first-order valence-corrected chi connectivity index (χ1v) is 8.56. The minimum atomic E-state index is -0.280. The molecular weight excluding hydrogens is 338 g/mol. The number of aromatic nitrogens is 2. The molecule has 3 rings (SSSR count). The Balaban J connectivity index is 1.62. The van der Waals surface area contributed by atoms with Gasteiger partial charge in [0.25, 0.3) is 5.91 Å². The van der Waals surface area contributed by atoms with E-state index >= 15 is 0 Å². The van der Waals surface area contributed by atoms with Crippen LogP contribution in [0.2, 0.25) is 0 Å². The summed E-state index contributed by atoms with van der Waals surface area (Å²) in [6.07, 6.45) is 1.37. The SMILES string of the molecule is C[C@@H](Nc1cc(C(=O)NCc2ccc(C#N)cc2)ncn1)c1ccccc1. The van der Waals surface area contributed by atoms with Gasteiger partial charge in [-0.15, -0.1) is 0 Å². The smallest absolute Gasteiger partial charge is 0.270 e. The van der Waals surface area contributed by atoms with Gasteiger partial charge in [0, 0.05) is 18.7 Å². The van der Waals surface area contributed by atoms with Gasteiger partial charge in [-0.1, -0.05) is 42.5 Å². The van der Waals surface area contributed by atoms with E-state index in [9.17, 15) is 4.79 Å². The van der Waals surface area contributed by atoms with Crippen molar-refractivity contribution < 1.29 is 4.79 Å². The molecule has 2 aromatic carbocycles. The van der Waals surface area contributed by atoms with Crippen molar-refractivity contribution in [3.8, 4) is 6.07 Å². The summed E-state index contributed by atoms with van der Waals surface area (Å²) in [5, 5.41) is 14.9. The fourth-order valence-electron chi connectivity index (χ4n) is 2.58. The number of rotatable bonds is 6. The Morgan fingerprint density at radius 3 is 2.56 bits per heavy atom. The molecule has 0 spiro atoms. The lowest BCUT2D eigenvalue weighted by atomic mass is 10.1. The van der Waals surface area contributed by atoms with E-state index in [1.54, 1.807) is 18.2 Å². The molecule has 0 aliphatic heterocycles. The predicted octanol–water partition coefficient (Wildman–Crippen LogP) is 3.45. The van der Waals surface area contributed by atoms with Crippen LogP contribution in [-0.4, -0.2) is 15.9 Å². The maximum Gasteiger partial charge on any atom is 0.270 e. The highest BCUT2D eigenvalue weighted by molar-refractivity contribution is 5.92. The Labute approximate surface area is 157 Å². The van der Waals surface area contributed by atoms with Crippen LogP contribution < -0.4 is 10.6 Å². The molecule has 6 heteroatoms. The third kappa shape index (κ3) is 4.89. The van der Waals surface area contributed by atoms with E-state index in [-0.39, 0.29) is 11.9 Å². The Morgan fingerprint density at radius 2 is 1.85 bits per heavy atom. The summed E-state index contributed by atoms with van der Waals surface area (Å²) in [6, 6.07) is 20.8. The van der Waals surface area contributed by atoms with E-state index < -0.39 is 0 Å². The van der Waals surface area contributed by atoms with Crippen molar-refractivity contribution >= 4 is 11.7 Å². The molecule has 1 amide bonds. The molecule has 0 saturated heterocycles. The molecule has 134 valence electrons. The summed E-state index contributed by atoms with van der Waals surface area (Å²) in [4.78, 5) is 20.6. The largest absolute Gasteiger partial charge is 0.363 e. The Bertz CT molecular complexity index is 948. The summed E-state index contributed by atoms with van der Waals surface area (Å²) in [5.41, 5.74) is 2.92. The standard InChI is InChI=1S/C21H19N5O/c1-15(18-5-3-2-4-6-18)26-20-11-19(24-14-25-20)21(27)23-13-17-9-7-16(12-22)8-10-17/h2-11,14-15H,13H2,1H3,(H,23,27)(H,24,25,26)/t15-/m1/s1. The van der Waals surface area contributed by atoms with Crippen LogP contribution in [0.1, 0.15) is 40.1 Å². The first kappa shape index (κ1) is 18.1. The highest BCUT2D eigenvalue weighted by Gasteiger charge is 2.11. The Morgan fingerprint density at radius 1 is 1.11 bits per heavy atom. The molecule has 27 heavy (non-hydrogen) atoms. The van der Waals surface area contributed by atoms with Crippen LogP contribution in [0.4, 0.5) is 5.82 Å². The van der Waals surface area contributed by atoms with Crippen LogP contribution in [0.5, 0.6) is 0 Å². The van der Waals surface area contributed by atoms with Crippen molar-refractivity contribution in [3.05, 3.63) is 89.4 Å². The van der Waals surface area contributed by atoms with E-state index in [1.165, 1.54) is 6.33 Å². The Hall–Kier alpha value is -3.72. The highest BCUT2D eigenvalue weighted by atomic mass is 16.1. The van der Waals surface area contributed by atoms with Gasteiger partial charge in [-0.3, -0.25) is 4.79 Å². The molecule has 1 atom stereocenters. The number of hydrogen-bond acceptors (Lipinski definition) is 5. The zero-order chi connectivity index (χ0) is 19.1. The van der Waals surface area contributed by atoms with Crippen molar-refractivity contribution in [3.63, 3.8) is 0 Å². The van der Waals surface area contributed by atoms with Crippen LogP contribution in [0.25, 0.3) is 0 Å². The molecule has 1 aromatic heterocycles. The van der Waals surface area contributed by atoms with Gasteiger partial charge in [0.05, 0.1) is 11.6 Å². The number of carbonyl (C=O) groups excluding carboxylic acids is 1. The second kappa shape index (κ2) is 8.59. The van der Waals surface area contributed by atoms with Gasteiger partial charge in [0.2, 0.25) is 0 Å². The number of benzene rings is 2. The zero-order valence-corrected chi connectivity index (χ0v) is 14.9. The molecule has 0 aliphatic carbocycles. The van der Waals surface area contributed by atoms with Gasteiger partial charge in [-0.05, 0) is 30.2 Å². The van der Waals surface area contributed by atoms with E-state index in [0.29, 0.717) is 23.6 Å². The molecular formula is C21H19N5O. The quantitative estimate of drug-likeness (QED) is 0.705. The third-order valence-corrected chi connectivity index (χ3v) is 4.10. The normalized spacial score (nSPS) is 11.3. The van der Waals surface area contributed by atoms with Gasteiger partial charge in [0.15, 0.2) is 0 Å². The summed E-state index contributed by atoms with van der Waals surface area (Å²) < 4.78 is 0. The number of nitrogens with zero attached hydrogens (tertiary/aromatic N) is 3. The summed E-state index contributed by atoms with van der Waals surface area (Å²) >= 11 is 0. The van der Waals surface area contributed by atoms with Crippen LogP contribution in [-0.2, 0) is 6.54 Å². The van der Waals surface area contributed by atoms with Crippen LogP contribution in [0.15, 0.2) is 67.0 Å². The van der Waals surface area contributed by atoms with Gasteiger partial charge in [-0.25, -0.2) is 9.97 Å². The number of carbonyl (C=O) groups is 1. The van der Waals surface area contributed by atoms with Gasteiger partial charge in [-0.2, -0.15) is 5.26 Å². The molecule has 0 radical (unpaired) electrons. The monoisotopic (exact) mass is 357 g/mol. The molecule has 1 heterocycles. The second-order valence-corrected chi connectivity index (χ2v) is 6.06. The average molecular weight is 357 g/mol. The van der Waals surface area contributed by atoms with E-state index in [4.69, 9.17) is 5.26 Å². The van der Waals surface area contributed by atoms with Crippen LogP contribution in [0, 0.1) is 11.3 Å². The average Bonchev–Trinajstić information content (AvgIpc) is 2.73.